The fourth-order valence-electron chi connectivity index (χ4n) is 9.33. The van der Waals surface area contributed by atoms with Crippen molar-refractivity contribution in [2.75, 3.05) is 13.2 Å². The summed E-state index contributed by atoms with van der Waals surface area (Å²) in [5, 5.41) is 0. The summed E-state index contributed by atoms with van der Waals surface area (Å²) in [5.41, 5.74) is 0. The lowest BCUT2D eigenvalue weighted by atomic mass is 10.1. The van der Waals surface area contributed by atoms with Crippen molar-refractivity contribution in [3.8, 4) is 0 Å². The van der Waals surface area contributed by atoms with Crippen molar-refractivity contribution in [1.82, 2.24) is 0 Å². The number of esters is 3. The lowest BCUT2D eigenvalue weighted by Crippen LogP contribution is -2.30. The molecule has 0 rings (SSSR count). The van der Waals surface area contributed by atoms with Crippen molar-refractivity contribution < 1.29 is 28.6 Å². The molecule has 0 aliphatic rings. The number of carbonyl (C=O) groups is 3. The summed E-state index contributed by atoms with van der Waals surface area (Å²) in [6.45, 7) is 6.50. The predicted molar refractivity (Wildman–Crippen MR) is 353 cm³/mol. The third-order valence-corrected chi connectivity index (χ3v) is 14.4. The summed E-state index contributed by atoms with van der Waals surface area (Å²) in [4.78, 5) is 38.3. The van der Waals surface area contributed by atoms with Crippen molar-refractivity contribution in [3.05, 3.63) is 122 Å². The zero-order chi connectivity index (χ0) is 58.5. The second-order valence-electron chi connectivity index (χ2n) is 22.3. The van der Waals surface area contributed by atoms with Crippen molar-refractivity contribution in [1.29, 1.82) is 0 Å². The summed E-state index contributed by atoms with van der Waals surface area (Å²) in [7, 11) is 0. The highest BCUT2D eigenvalue weighted by atomic mass is 16.6. The van der Waals surface area contributed by atoms with Gasteiger partial charge in [0.1, 0.15) is 13.2 Å². The Morgan fingerprint density at radius 1 is 0.259 bits per heavy atom. The maximum absolute atomic E-state index is 12.9. The Bertz CT molecular complexity index is 1670. The van der Waals surface area contributed by atoms with Gasteiger partial charge in [-0.05, 0) is 135 Å². The Labute approximate surface area is 501 Å². The molecule has 0 heterocycles. The molecule has 0 spiro atoms. The van der Waals surface area contributed by atoms with Gasteiger partial charge in [0.2, 0.25) is 0 Å². The van der Waals surface area contributed by atoms with Gasteiger partial charge in [0, 0.05) is 19.3 Å². The van der Waals surface area contributed by atoms with Gasteiger partial charge in [-0.1, -0.05) is 284 Å². The molecule has 1 atom stereocenters. The van der Waals surface area contributed by atoms with Crippen LogP contribution in [0.3, 0.4) is 0 Å². The molecule has 0 saturated heterocycles. The minimum absolute atomic E-state index is 0.0860. The molecule has 462 valence electrons. The largest absolute Gasteiger partial charge is 0.462 e. The first-order valence-corrected chi connectivity index (χ1v) is 34.0. The SMILES string of the molecule is CC/C=C\C/C=C\C/C=C\C/C=C\C/C=C\C/C=C\C/C=C\C/C=C\CCCCCCCCCCCCC(=O)OCC(COC(=O)CCCCCCC/C=C\CCCCC)OC(=O)CCCCCCC/C=C\CCCCCCCCC. The average Bonchev–Trinajstić information content (AvgIpc) is 3.47. The van der Waals surface area contributed by atoms with Crippen LogP contribution in [0, 0.1) is 0 Å². The molecular weight excluding hydrogens is 997 g/mol. The summed E-state index contributed by atoms with van der Waals surface area (Å²) < 4.78 is 16.9. The van der Waals surface area contributed by atoms with E-state index in [9.17, 15) is 14.4 Å². The van der Waals surface area contributed by atoms with Crippen molar-refractivity contribution in [2.45, 2.75) is 322 Å². The van der Waals surface area contributed by atoms with Crippen LogP contribution in [0.1, 0.15) is 316 Å². The van der Waals surface area contributed by atoms with Crippen LogP contribution in [0.5, 0.6) is 0 Å². The first-order chi connectivity index (χ1) is 40.0. The summed E-state index contributed by atoms with van der Waals surface area (Å²) >= 11 is 0. The van der Waals surface area contributed by atoms with Gasteiger partial charge in [0.25, 0.3) is 0 Å². The molecule has 0 aliphatic carbocycles. The van der Waals surface area contributed by atoms with Gasteiger partial charge >= 0.3 is 17.9 Å². The first-order valence-electron chi connectivity index (χ1n) is 34.0. The topological polar surface area (TPSA) is 78.9 Å². The quantitative estimate of drug-likeness (QED) is 0.0261. The highest BCUT2D eigenvalue weighted by molar-refractivity contribution is 5.71. The number of rotatable bonds is 61. The van der Waals surface area contributed by atoms with E-state index in [1.54, 1.807) is 0 Å². The number of ether oxygens (including phenoxy) is 3. The summed E-state index contributed by atoms with van der Waals surface area (Å²) in [6, 6.07) is 0. The van der Waals surface area contributed by atoms with Crippen LogP contribution in [0.4, 0.5) is 0 Å². The Balaban J connectivity index is 4.22. The third kappa shape index (κ3) is 66.5. The maximum atomic E-state index is 12.9. The highest BCUT2D eigenvalue weighted by Crippen LogP contribution is 2.16. The Morgan fingerprint density at radius 3 is 0.790 bits per heavy atom. The fraction of sp³-hybridized carbons (Fsp3) is 0.693. The van der Waals surface area contributed by atoms with Crippen LogP contribution in [-0.4, -0.2) is 37.2 Å². The van der Waals surface area contributed by atoms with Crippen LogP contribution in [0.25, 0.3) is 0 Å². The van der Waals surface area contributed by atoms with E-state index in [-0.39, 0.29) is 31.1 Å². The number of carbonyl (C=O) groups excluding carboxylic acids is 3. The summed E-state index contributed by atoms with van der Waals surface area (Å²) in [5.74, 6) is -0.900. The molecule has 0 fully saturated rings. The van der Waals surface area contributed by atoms with Crippen molar-refractivity contribution in [2.24, 2.45) is 0 Å². The van der Waals surface area contributed by atoms with Gasteiger partial charge in [-0.15, -0.1) is 0 Å². The Hall–Kier alpha value is -4.19. The zero-order valence-corrected chi connectivity index (χ0v) is 53.0. The molecule has 0 aromatic heterocycles. The van der Waals surface area contributed by atoms with Gasteiger partial charge in [0.15, 0.2) is 6.10 Å². The van der Waals surface area contributed by atoms with Gasteiger partial charge in [-0.2, -0.15) is 0 Å². The molecule has 0 radical (unpaired) electrons. The number of hydrogen-bond donors (Lipinski definition) is 0. The van der Waals surface area contributed by atoms with Crippen molar-refractivity contribution in [3.63, 3.8) is 0 Å². The minimum atomic E-state index is -0.789. The van der Waals surface area contributed by atoms with Gasteiger partial charge in [0.05, 0.1) is 0 Å². The first kappa shape index (κ1) is 76.8. The smallest absolute Gasteiger partial charge is 0.306 e. The van der Waals surface area contributed by atoms with E-state index < -0.39 is 6.10 Å². The minimum Gasteiger partial charge on any atom is -0.462 e. The van der Waals surface area contributed by atoms with E-state index in [1.165, 1.54) is 148 Å². The molecule has 0 amide bonds. The fourth-order valence-corrected chi connectivity index (χ4v) is 9.33. The monoisotopic (exact) mass is 1120 g/mol. The Kier molecular flexibility index (Phi) is 64.8. The van der Waals surface area contributed by atoms with Gasteiger partial charge in [-0.3, -0.25) is 14.4 Å². The highest BCUT2D eigenvalue weighted by Gasteiger charge is 2.19. The van der Waals surface area contributed by atoms with Crippen LogP contribution in [-0.2, 0) is 28.6 Å². The van der Waals surface area contributed by atoms with E-state index in [1.807, 2.05) is 0 Å². The molecule has 0 aliphatic heterocycles. The number of hydrogen-bond acceptors (Lipinski definition) is 6. The van der Waals surface area contributed by atoms with Gasteiger partial charge in [-0.25, -0.2) is 0 Å². The van der Waals surface area contributed by atoms with Crippen LogP contribution >= 0.6 is 0 Å². The second-order valence-corrected chi connectivity index (χ2v) is 22.3. The molecule has 0 bridgehead atoms. The molecular formula is C75H126O6. The maximum Gasteiger partial charge on any atom is 0.306 e. The van der Waals surface area contributed by atoms with Crippen LogP contribution < -0.4 is 0 Å². The van der Waals surface area contributed by atoms with E-state index in [0.29, 0.717) is 19.3 Å². The average molecular weight is 1120 g/mol. The van der Waals surface area contributed by atoms with Gasteiger partial charge < -0.3 is 14.2 Å². The lowest BCUT2D eigenvalue weighted by Gasteiger charge is -2.18. The number of allylic oxidation sites excluding steroid dienone is 20. The molecule has 0 aromatic carbocycles. The molecule has 0 aromatic rings. The molecule has 1 unspecified atom stereocenters. The third-order valence-electron chi connectivity index (χ3n) is 14.4. The summed E-state index contributed by atoms with van der Waals surface area (Å²) in [6.07, 6.45) is 95.0. The predicted octanol–water partition coefficient (Wildman–Crippen LogP) is 23.6. The van der Waals surface area contributed by atoms with E-state index in [2.05, 4.69) is 142 Å². The van der Waals surface area contributed by atoms with Crippen LogP contribution in [0.2, 0.25) is 0 Å². The molecule has 0 N–H and O–H groups in total. The zero-order valence-electron chi connectivity index (χ0n) is 53.0. The molecule has 6 heteroatoms. The number of unbranched alkanes of at least 4 members (excludes halogenated alkanes) is 30. The molecule has 81 heavy (non-hydrogen) atoms. The standard InChI is InChI=1S/C75H126O6/c1-4-7-10-13-16-19-22-25-27-29-30-31-32-33-34-35-36-37-38-39-40-41-42-43-44-45-46-47-49-50-53-56-59-62-65-68-74(77)80-71-72(70-79-73(76)67-64-61-58-55-52-24-21-18-15-12-9-6-3)81-75(78)69-66-63-60-57-54-51-48-28-26-23-20-17-14-11-8-5-2/h7,10,16,18-19,21,25,27-28,30-31,33-34,36-37,39-40,42-43,48,72H,4-6,8-9,11-15,17,20,22-24,26,29,32,35,38,41,44-47,49-71H2,1-3H3/b10-7-,19-16-,21-18-,27-25-,31-30-,34-33-,37-36-,40-39-,43-42-,48-28-. The van der Waals surface area contributed by atoms with E-state index in [4.69, 9.17) is 14.2 Å². The molecule has 0 saturated carbocycles. The van der Waals surface area contributed by atoms with Crippen LogP contribution in [0.15, 0.2) is 122 Å². The normalized spacial score (nSPS) is 12.9. The lowest BCUT2D eigenvalue weighted by molar-refractivity contribution is -0.167. The second kappa shape index (κ2) is 68.3. The van der Waals surface area contributed by atoms with E-state index in [0.717, 1.165) is 128 Å². The molecule has 6 nitrogen and oxygen atoms in total. The Morgan fingerprint density at radius 2 is 0.481 bits per heavy atom. The van der Waals surface area contributed by atoms with Crippen molar-refractivity contribution >= 4 is 17.9 Å². The van der Waals surface area contributed by atoms with E-state index >= 15 is 0 Å².